The maximum atomic E-state index is 5.92. The van der Waals surface area contributed by atoms with Crippen molar-refractivity contribution in [2.24, 2.45) is 0 Å². The number of nitrogens with zero attached hydrogens (tertiary/aromatic N) is 2. The van der Waals surface area contributed by atoms with Crippen LogP contribution in [0.2, 0.25) is 0 Å². The third kappa shape index (κ3) is 2.68. The zero-order valence-electron chi connectivity index (χ0n) is 12.5. The Morgan fingerprint density at radius 2 is 1.87 bits per heavy atom. The van der Waals surface area contributed by atoms with Gasteiger partial charge in [-0.3, -0.25) is 0 Å². The molecule has 1 unspecified atom stereocenters. The monoisotopic (exact) mass is 306 g/mol. The number of hydrogen-bond donors (Lipinski definition) is 0. The lowest BCUT2D eigenvalue weighted by Crippen LogP contribution is -2.03. The van der Waals surface area contributed by atoms with Crippen LogP contribution in [0.25, 0.3) is 22.2 Å². The van der Waals surface area contributed by atoms with E-state index >= 15 is 0 Å². The van der Waals surface area contributed by atoms with Gasteiger partial charge in [-0.05, 0) is 35.9 Å². The van der Waals surface area contributed by atoms with Gasteiger partial charge in [-0.25, -0.2) is 0 Å². The largest absolute Gasteiger partial charge is 0.481 e. The fourth-order valence-electron chi connectivity index (χ4n) is 2.40. The van der Waals surface area contributed by atoms with Crippen LogP contribution >= 0.6 is 0 Å². The highest BCUT2D eigenvalue weighted by atomic mass is 16.5. The van der Waals surface area contributed by atoms with E-state index in [1.165, 1.54) is 5.39 Å². The number of ether oxygens (including phenoxy) is 1. The molecule has 0 saturated carbocycles. The fraction of sp³-hybridized carbons (Fsp3) is 0.111. The van der Waals surface area contributed by atoms with Crippen molar-refractivity contribution in [3.8, 4) is 17.2 Å². The van der Waals surface area contributed by atoms with E-state index in [-0.39, 0.29) is 6.10 Å². The van der Waals surface area contributed by atoms with E-state index < -0.39 is 0 Å². The Hall–Kier alpha value is -3.08. The molecule has 0 saturated heterocycles. The fourth-order valence-corrected chi connectivity index (χ4v) is 2.40. The molecule has 1 atom stereocenters. The van der Waals surface area contributed by atoms with Crippen molar-refractivity contribution in [1.29, 1.82) is 0 Å². The number of furan rings is 1. The molecule has 0 amide bonds. The summed E-state index contributed by atoms with van der Waals surface area (Å²) in [6, 6.07) is 15.9. The van der Waals surface area contributed by atoms with Crippen LogP contribution in [0.5, 0.6) is 5.75 Å². The van der Waals surface area contributed by atoms with E-state index in [9.17, 15) is 0 Å². The zero-order chi connectivity index (χ0) is 15.6. The molecule has 0 N–H and O–H groups in total. The molecule has 23 heavy (non-hydrogen) atoms. The van der Waals surface area contributed by atoms with Crippen molar-refractivity contribution in [3.63, 3.8) is 0 Å². The number of hydrogen-bond acceptors (Lipinski definition) is 5. The van der Waals surface area contributed by atoms with Crippen molar-refractivity contribution < 1.29 is 13.6 Å². The molecule has 5 heteroatoms. The zero-order valence-corrected chi connectivity index (χ0v) is 12.5. The van der Waals surface area contributed by atoms with E-state index in [0.717, 1.165) is 16.7 Å². The normalized spacial score (nSPS) is 12.4. The number of benzene rings is 2. The Morgan fingerprint density at radius 3 is 2.70 bits per heavy atom. The van der Waals surface area contributed by atoms with Crippen LogP contribution in [0.4, 0.5) is 0 Å². The molecule has 4 aromatic rings. The Morgan fingerprint density at radius 1 is 1.00 bits per heavy atom. The molecule has 5 nitrogen and oxygen atoms in total. The van der Waals surface area contributed by atoms with Crippen LogP contribution < -0.4 is 4.74 Å². The lowest BCUT2D eigenvalue weighted by molar-refractivity contribution is 0.190. The lowest BCUT2D eigenvalue weighted by atomic mass is 10.1. The first-order chi connectivity index (χ1) is 11.3. The quantitative estimate of drug-likeness (QED) is 0.550. The van der Waals surface area contributed by atoms with Crippen LogP contribution in [0.3, 0.4) is 0 Å². The van der Waals surface area contributed by atoms with E-state index in [2.05, 4.69) is 22.3 Å². The van der Waals surface area contributed by atoms with Gasteiger partial charge in [-0.1, -0.05) is 30.3 Å². The van der Waals surface area contributed by atoms with E-state index in [1.54, 1.807) is 18.6 Å². The van der Waals surface area contributed by atoms with E-state index in [1.807, 2.05) is 37.3 Å². The van der Waals surface area contributed by atoms with Gasteiger partial charge in [0.15, 0.2) is 6.10 Å². The summed E-state index contributed by atoms with van der Waals surface area (Å²) in [4.78, 5) is 0. The summed E-state index contributed by atoms with van der Waals surface area (Å²) >= 11 is 0. The highest BCUT2D eigenvalue weighted by Gasteiger charge is 2.17. The minimum absolute atomic E-state index is 0.343. The molecule has 0 fully saturated rings. The van der Waals surface area contributed by atoms with Gasteiger partial charge in [0.1, 0.15) is 12.0 Å². The summed E-state index contributed by atoms with van der Waals surface area (Å²) in [5.41, 5.74) is 0.752. The van der Waals surface area contributed by atoms with Crippen molar-refractivity contribution in [2.75, 3.05) is 0 Å². The summed E-state index contributed by atoms with van der Waals surface area (Å²) in [5, 5.41) is 10.4. The molecule has 0 bridgehead atoms. The summed E-state index contributed by atoms with van der Waals surface area (Å²) < 4.78 is 16.6. The summed E-state index contributed by atoms with van der Waals surface area (Å²) in [6.07, 6.45) is 2.78. The average molecular weight is 306 g/mol. The second-order valence-electron chi connectivity index (χ2n) is 5.23. The Kier molecular flexibility index (Phi) is 3.31. The molecule has 0 radical (unpaired) electrons. The predicted molar refractivity (Wildman–Crippen MR) is 85.0 cm³/mol. The molecule has 0 aliphatic rings. The van der Waals surface area contributed by atoms with Crippen LogP contribution in [0, 0.1) is 0 Å². The molecule has 114 valence electrons. The van der Waals surface area contributed by atoms with Crippen molar-refractivity contribution in [1.82, 2.24) is 10.2 Å². The summed E-state index contributed by atoms with van der Waals surface area (Å²) in [6.45, 7) is 1.88. The van der Waals surface area contributed by atoms with E-state index in [4.69, 9.17) is 13.6 Å². The third-order valence-corrected chi connectivity index (χ3v) is 3.59. The highest BCUT2D eigenvalue weighted by molar-refractivity contribution is 5.83. The van der Waals surface area contributed by atoms with Crippen molar-refractivity contribution in [2.45, 2.75) is 13.0 Å². The minimum atomic E-state index is -0.343. The topological polar surface area (TPSA) is 61.3 Å². The van der Waals surface area contributed by atoms with E-state index in [0.29, 0.717) is 11.8 Å². The van der Waals surface area contributed by atoms with Crippen LogP contribution in [0.15, 0.2) is 69.9 Å². The molecule has 2 aromatic heterocycles. The van der Waals surface area contributed by atoms with Crippen LogP contribution in [0.1, 0.15) is 18.9 Å². The first-order valence-electron chi connectivity index (χ1n) is 7.31. The predicted octanol–water partition coefficient (Wildman–Crippen LogP) is 4.62. The number of aromatic nitrogens is 2. The lowest BCUT2D eigenvalue weighted by Gasteiger charge is -2.11. The molecular weight excluding hydrogens is 292 g/mol. The van der Waals surface area contributed by atoms with Gasteiger partial charge in [-0.2, -0.15) is 0 Å². The Labute approximate surface area is 132 Å². The Balaban J connectivity index is 1.55. The number of rotatable bonds is 4. The van der Waals surface area contributed by atoms with Gasteiger partial charge in [0.25, 0.3) is 11.8 Å². The maximum absolute atomic E-state index is 5.92. The third-order valence-electron chi connectivity index (χ3n) is 3.59. The molecule has 2 aromatic carbocycles. The molecule has 4 rings (SSSR count). The smallest absolute Gasteiger partial charge is 0.257 e. The SMILES string of the molecule is CC(Oc1ccc2ccccc2c1)c1nnc(-c2ccoc2)o1. The molecule has 0 aliphatic carbocycles. The standard InChI is InChI=1S/C18H14N2O3/c1-12(17-19-20-18(23-17)15-8-9-21-11-15)22-16-7-6-13-4-2-3-5-14(13)10-16/h2-12H,1H3. The summed E-state index contributed by atoms with van der Waals surface area (Å²) in [5.74, 6) is 1.61. The second kappa shape index (κ2) is 5.61. The number of fused-ring (bicyclic) bond motifs is 1. The first kappa shape index (κ1) is 13.6. The molecule has 0 aliphatic heterocycles. The van der Waals surface area contributed by atoms with Gasteiger partial charge in [0.05, 0.1) is 11.8 Å². The van der Waals surface area contributed by atoms with Crippen molar-refractivity contribution >= 4 is 10.8 Å². The Bertz CT molecular complexity index is 928. The van der Waals surface area contributed by atoms with Gasteiger partial charge >= 0.3 is 0 Å². The molecule has 0 spiro atoms. The van der Waals surface area contributed by atoms with Gasteiger partial charge < -0.3 is 13.6 Å². The van der Waals surface area contributed by atoms with Crippen molar-refractivity contribution in [3.05, 3.63) is 66.9 Å². The van der Waals surface area contributed by atoms with Gasteiger partial charge in [-0.15, -0.1) is 10.2 Å². The molecular formula is C18H14N2O3. The average Bonchev–Trinajstić information content (AvgIpc) is 3.26. The maximum Gasteiger partial charge on any atom is 0.257 e. The van der Waals surface area contributed by atoms with Crippen LogP contribution in [-0.2, 0) is 0 Å². The minimum Gasteiger partial charge on any atom is -0.481 e. The first-order valence-corrected chi connectivity index (χ1v) is 7.31. The van der Waals surface area contributed by atoms with Gasteiger partial charge in [0.2, 0.25) is 0 Å². The molecule has 2 heterocycles. The second-order valence-corrected chi connectivity index (χ2v) is 5.23. The van der Waals surface area contributed by atoms with Crippen LogP contribution in [-0.4, -0.2) is 10.2 Å². The van der Waals surface area contributed by atoms with Gasteiger partial charge in [0, 0.05) is 0 Å². The highest BCUT2D eigenvalue weighted by Crippen LogP contribution is 2.27. The summed E-state index contributed by atoms with van der Waals surface area (Å²) in [7, 11) is 0.